The molecule has 0 spiro atoms. The zero-order valence-electron chi connectivity index (χ0n) is 14.8. The van der Waals surface area contributed by atoms with Gasteiger partial charge in [0, 0.05) is 36.7 Å². The van der Waals surface area contributed by atoms with Crippen molar-refractivity contribution >= 4 is 23.5 Å². The van der Waals surface area contributed by atoms with Crippen molar-refractivity contribution in [3.05, 3.63) is 81.9 Å². The Kier molecular flexibility index (Phi) is 5.76. The SMILES string of the molecule is O=C(c1ccccc1)C1CCN(C(=O)/C=C/c2ccccc2[N+](=O)[O-])CC1. The number of nitro benzene ring substituents is 1. The lowest BCUT2D eigenvalue weighted by atomic mass is 9.89. The first kappa shape index (κ1) is 18.5. The van der Waals surface area contributed by atoms with Crippen LogP contribution in [0.15, 0.2) is 60.7 Å². The summed E-state index contributed by atoms with van der Waals surface area (Å²) in [4.78, 5) is 37.1. The van der Waals surface area contributed by atoms with Gasteiger partial charge in [-0.2, -0.15) is 0 Å². The van der Waals surface area contributed by atoms with Gasteiger partial charge in [-0.25, -0.2) is 0 Å². The molecule has 1 aliphatic rings. The van der Waals surface area contributed by atoms with Crippen molar-refractivity contribution in [2.75, 3.05) is 13.1 Å². The molecule has 1 heterocycles. The van der Waals surface area contributed by atoms with Crippen LogP contribution in [0, 0.1) is 16.0 Å². The fraction of sp³-hybridized carbons (Fsp3) is 0.238. The number of nitro groups is 1. The lowest BCUT2D eigenvalue weighted by Gasteiger charge is -2.30. The number of ketones is 1. The van der Waals surface area contributed by atoms with Crippen LogP contribution in [0.1, 0.15) is 28.8 Å². The van der Waals surface area contributed by atoms with E-state index in [-0.39, 0.29) is 23.3 Å². The molecular formula is C21H20N2O4. The van der Waals surface area contributed by atoms with E-state index in [1.165, 1.54) is 18.2 Å². The van der Waals surface area contributed by atoms with E-state index in [4.69, 9.17) is 0 Å². The molecule has 0 atom stereocenters. The van der Waals surface area contributed by atoms with Crippen molar-refractivity contribution in [2.24, 2.45) is 5.92 Å². The van der Waals surface area contributed by atoms with Crippen LogP contribution in [-0.2, 0) is 4.79 Å². The fourth-order valence-electron chi connectivity index (χ4n) is 3.26. The topological polar surface area (TPSA) is 80.5 Å². The highest BCUT2D eigenvalue weighted by atomic mass is 16.6. The molecule has 1 saturated heterocycles. The molecule has 0 aromatic heterocycles. The maximum Gasteiger partial charge on any atom is 0.276 e. The smallest absolute Gasteiger partial charge is 0.276 e. The van der Waals surface area contributed by atoms with Crippen molar-refractivity contribution in [1.29, 1.82) is 0 Å². The second kappa shape index (κ2) is 8.40. The Morgan fingerprint density at radius 1 is 1.00 bits per heavy atom. The molecular weight excluding hydrogens is 344 g/mol. The van der Waals surface area contributed by atoms with Gasteiger partial charge >= 0.3 is 0 Å². The van der Waals surface area contributed by atoms with Crippen molar-refractivity contribution in [3.63, 3.8) is 0 Å². The molecule has 0 aliphatic carbocycles. The predicted octanol–water partition coefficient (Wildman–Crippen LogP) is 3.73. The van der Waals surface area contributed by atoms with Crippen LogP contribution in [0.5, 0.6) is 0 Å². The van der Waals surface area contributed by atoms with Gasteiger partial charge in [0.05, 0.1) is 10.5 Å². The van der Waals surface area contributed by atoms with Crippen LogP contribution in [0.4, 0.5) is 5.69 Å². The molecule has 3 rings (SSSR count). The van der Waals surface area contributed by atoms with Crippen LogP contribution in [0.3, 0.4) is 0 Å². The first-order valence-electron chi connectivity index (χ1n) is 8.86. The highest BCUT2D eigenvalue weighted by Crippen LogP contribution is 2.23. The Morgan fingerprint density at radius 3 is 2.30 bits per heavy atom. The number of benzene rings is 2. The quantitative estimate of drug-likeness (QED) is 0.350. The summed E-state index contributed by atoms with van der Waals surface area (Å²) in [6.07, 6.45) is 4.08. The van der Waals surface area contributed by atoms with Gasteiger partial charge in [0.15, 0.2) is 5.78 Å². The monoisotopic (exact) mass is 364 g/mol. The lowest BCUT2D eigenvalue weighted by molar-refractivity contribution is -0.385. The van der Waals surface area contributed by atoms with Crippen LogP contribution in [0.25, 0.3) is 6.08 Å². The molecule has 0 bridgehead atoms. The van der Waals surface area contributed by atoms with Crippen LogP contribution < -0.4 is 0 Å². The Balaban J connectivity index is 1.59. The Morgan fingerprint density at radius 2 is 1.63 bits per heavy atom. The van der Waals surface area contributed by atoms with Crippen molar-refractivity contribution in [2.45, 2.75) is 12.8 Å². The van der Waals surface area contributed by atoms with Crippen LogP contribution in [-0.4, -0.2) is 34.6 Å². The molecule has 0 radical (unpaired) electrons. The Labute approximate surface area is 157 Å². The van der Waals surface area contributed by atoms with Gasteiger partial charge in [-0.05, 0) is 25.0 Å². The lowest BCUT2D eigenvalue weighted by Crippen LogP contribution is -2.39. The Bertz CT molecular complexity index is 869. The molecule has 2 aromatic rings. The summed E-state index contributed by atoms with van der Waals surface area (Å²) in [5, 5.41) is 11.0. The van der Waals surface area contributed by atoms with E-state index in [1.807, 2.05) is 30.3 Å². The number of likely N-dealkylation sites (tertiary alicyclic amines) is 1. The second-order valence-corrected chi connectivity index (χ2v) is 6.48. The van der Waals surface area contributed by atoms with Gasteiger partial charge in [0.25, 0.3) is 5.69 Å². The number of hydrogen-bond donors (Lipinski definition) is 0. The third-order valence-electron chi connectivity index (χ3n) is 4.77. The molecule has 27 heavy (non-hydrogen) atoms. The molecule has 1 aliphatic heterocycles. The maximum atomic E-state index is 12.5. The zero-order valence-corrected chi connectivity index (χ0v) is 14.8. The summed E-state index contributed by atoms with van der Waals surface area (Å²) < 4.78 is 0. The molecule has 6 heteroatoms. The van der Waals surface area contributed by atoms with Crippen molar-refractivity contribution < 1.29 is 14.5 Å². The normalized spacial score (nSPS) is 15.0. The van der Waals surface area contributed by atoms with E-state index >= 15 is 0 Å². The number of piperidine rings is 1. The van der Waals surface area contributed by atoms with Gasteiger partial charge in [0.1, 0.15) is 0 Å². The summed E-state index contributed by atoms with van der Waals surface area (Å²) in [6.45, 7) is 1.01. The van der Waals surface area contributed by atoms with Gasteiger partial charge in [-0.3, -0.25) is 19.7 Å². The maximum absolute atomic E-state index is 12.5. The second-order valence-electron chi connectivity index (χ2n) is 6.48. The molecule has 0 saturated carbocycles. The number of carbonyl (C=O) groups excluding carboxylic acids is 2. The summed E-state index contributed by atoms with van der Waals surface area (Å²) in [5.41, 5.74) is 1.07. The minimum absolute atomic E-state index is 0.0336. The highest BCUT2D eigenvalue weighted by Gasteiger charge is 2.27. The summed E-state index contributed by atoms with van der Waals surface area (Å²) in [6, 6.07) is 15.5. The van der Waals surface area contributed by atoms with Crippen molar-refractivity contribution in [3.8, 4) is 0 Å². The Hall–Kier alpha value is -3.28. The molecule has 0 unspecified atom stereocenters. The molecule has 1 amide bonds. The number of hydrogen-bond acceptors (Lipinski definition) is 4. The largest absolute Gasteiger partial charge is 0.339 e. The molecule has 2 aromatic carbocycles. The number of carbonyl (C=O) groups is 2. The predicted molar refractivity (Wildman–Crippen MR) is 102 cm³/mol. The van der Waals surface area contributed by atoms with E-state index in [2.05, 4.69) is 0 Å². The van der Waals surface area contributed by atoms with E-state index in [9.17, 15) is 19.7 Å². The van der Waals surface area contributed by atoms with Gasteiger partial charge in [-0.15, -0.1) is 0 Å². The number of amides is 1. The zero-order chi connectivity index (χ0) is 19.2. The minimum atomic E-state index is -0.467. The molecule has 6 nitrogen and oxygen atoms in total. The van der Waals surface area contributed by atoms with Crippen molar-refractivity contribution in [1.82, 2.24) is 4.90 Å². The number of nitrogens with zero attached hydrogens (tertiary/aromatic N) is 2. The fourth-order valence-corrected chi connectivity index (χ4v) is 3.26. The average Bonchev–Trinajstić information content (AvgIpc) is 2.72. The summed E-state index contributed by atoms with van der Waals surface area (Å²) in [5.74, 6) is -0.146. The van der Waals surface area contributed by atoms with Gasteiger partial charge in [0.2, 0.25) is 5.91 Å². The number of Topliss-reactive ketones (excluding diaryl/α,β-unsaturated/α-hetero) is 1. The van der Waals surface area contributed by atoms with Gasteiger partial charge < -0.3 is 4.90 Å². The summed E-state index contributed by atoms with van der Waals surface area (Å²) >= 11 is 0. The number of para-hydroxylation sites is 1. The van der Waals surface area contributed by atoms with E-state index in [1.54, 1.807) is 23.1 Å². The molecule has 1 fully saturated rings. The third kappa shape index (κ3) is 4.47. The third-order valence-corrected chi connectivity index (χ3v) is 4.77. The molecule has 0 N–H and O–H groups in total. The highest BCUT2D eigenvalue weighted by molar-refractivity contribution is 5.98. The van der Waals surface area contributed by atoms with Crippen LogP contribution >= 0.6 is 0 Å². The summed E-state index contributed by atoms with van der Waals surface area (Å²) in [7, 11) is 0. The first-order chi connectivity index (χ1) is 13.1. The van der Waals surface area contributed by atoms with E-state index < -0.39 is 4.92 Å². The van der Waals surface area contributed by atoms with Crippen LogP contribution in [0.2, 0.25) is 0 Å². The van der Waals surface area contributed by atoms with Gasteiger partial charge in [-0.1, -0.05) is 42.5 Å². The first-order valence-corrected chi connectivity index (χ1v) is 8.86. The standard InChI is InChI=1S/C21H20N2O4/c24-20(11-10-16-6-4-5-9-19(16)23(26)27)22-14-12-18(13-15-22)21(25)17-7-2-1-3-8-17/h1-11,18H,12-15H2/b11-10+. The molecule has 138 valence electrons. The average molecular weight is 364 g/mol. The van der Waals surface area contributed by atoms with E-state index in [0.29, 0.717) is 37.1 Å². The van der Waals surface area contributed by atoms with E-state index in [0.717, 1.165) is 0 Å². The minimum Gasteiger partial charge on any atom is -0.339 e. The number of rotatable bonds is 5.